The largest absolute Gasteiger partial charge is 0.462 e. The van der Waals surface area contributed by atoms with Gasteiger partial charge in [0.2, 0.25) is 17.0 Å². The highest BCUT2D eigenvalue weighted by Crippen LogP contribution is 2.23. The highest BCUT2D eigenvalue weighted by molar-refractivity contribution is 7.99. The van der Waals surface area contributed by atoms with E-state index in [1.54, 1.807) is 11.0 Å². The van der Waals surface area contributed by atoms with Gasteiger partial charge in [-0.2, -0.15) is 0 Å². The van der Waals surface area contributed by atoms with E-state index >= 15 is 0 Å². The van der Waals surface area contributed by atoms with Gasteiger partial charge in [0.05, 0.1) is 17.2 Å². The molecule has 4 rings (SSSR count). The van der Waals surface area contributed by atoms with Gasteiger partial charge in [-0.15, -0.1) is 26.6 Å². The standard InChI is InChI=1S/C21H22N6O3S2/c1-3-10-27(12-18-24-25-20(30-18)16-5-4-11-31-16)19(28)13-32-21-22-17(23-26-21)9-8-15-7-6-14(2)29-15/h4-9,11H,3,10,12-13H2,1-2H3,(H,22,23,26)/b9-8+. The molecule has 0 radical (unpaired) electrons. The zero-order chi connectivity index (χ0) is 22.3. The van der Waals surface area contributed by atoms with Gasteiger partial charge in [-0.25, -0.2) is 4.98 Å². The minimum Gasteiger partial charge on any atom is -0.462 e. The average Bonchev–Trinajstić information content (AvgIpc) is 3.58. The second-order valence-electron chi connectivity index (χ2n) is 6.87. The van der Waals surface area contributed by atoms with Crippen LogP contribution in [0, 0.1) is 6.92 Å². The fourth-order valence-corrected chi connectivity index (χ4v) is 4.21. The third-order valence-electron chi connectivity index (χ3n) is 4.34. The zero-order valence-corrected chi connectivity index (χ0v) is 19.3. The van der Waals surface area contributed by atoms with Crippen molar-refractivity contribution < 1.29 is 13.6 Å². The van der Waals surface area contributed by atoms with Crippen LogP contribution in [0.15, 0.2) is 43.6 Å². The maximum atomic E-state index is 12.8. The second kappa shape index (κ2) is 10.4. The lowest BCUT2D eigenvalue weighted by Gasteiger charge is -2.19. The summed E-state index contributed by atoms with van der Waals surface area (Å²) < 4.78 is 11.2. The first-order valence-electron chi connectivity index (χ1n) is 10.0. The van der Waals surface area contributed by atoms with Gasteiger partial charge < -0.3 is 13.7 Å². The number of nitrogens with zero attached hydrogens (tertiary/aromatic N) is 5. The van der Waals surface area contributed by atoms with Crippen LogP contribution in [0.5, 0.6) is 0 Å². The van der Waals surface area contributed by atoms with E-state index in [-0.39, 0.29) is 18.2 Å². The molecule has 0 fully saturated rings. The Balaban J connectivity index is 1.32. The third kappa shape index (κ3) is 5.74. The summed E-state index contributed by atoms with van der Waals surface area (Å²) in [4.78, 5) is 19.8. The molecule has 0 bridgehead atoms. The molecule has 4 aromatic rings. The molecule has 0 spiro atoms. The molecule has 4 heterocycles. The first kappa shape index (κ1) is 22.0. The number of hydrogen-bond donors (Lipinski definition) is 1. The van der Waals surface area contributed by atoms with E-state index < -0.39 is 0 Å². The summed E-state index contributed by atoms with van der Waals surface area (Å²) in [7, 11) is 0. The Bertz CT molecular complexity index is 1180. The van der Waals surface area contributed by atoms with Crippen LogP contribution in [0.25, 0.3) is 22.9 Å². The van der Waals surface area contributed by atoms with Crippen molar-refractivity contribution in [1.29, 1.82) is 0 Å². The Hall–Kier alpha value is -3.18. The number of carbonyl (C=O) groups excluding carboxylic acids is 1. The number of thiophene rings is 1. The summed E-state index contributed by atoms with van der Waals surface area (Å²) in [5.74, 6) is 3.23. The Kier molecular flexibility index (Phi) is 7.17. The fourth-order valence-electron chi connectivity index (χ4n) is 2.86. The number of nitrogens with one attached hydrogen (secondary N) is 1. The maximum Gasteiger partial charge on any atom is 0.257 e. The minimum absolute atomic E-state index is 0.0410. The predicted octanol–water partition coefficient (Wildman–Crippen LogP) is 4.52. The first-order chi connectivity index (χ1) is 15.6. The molecule has 0 aliphatic rings. The Morgan fingerprint density at radius 2 is 2.16 bits per heavy atom. The van der Waals surface area contributed by atoms with Crippen LogP contribution < -0.4 is 0 Å². The molecule has 32 heavy (non-hydrogen) atoms. The Morgan fingerprint density at radius 3 is 2.91 bits per heavy atom. The van der Waals surface area contributed by atoms with Crippen molar-refractivity contribution >= 4 is 41.2 Å². The number of hydrogen-bond acceptors (Lipinski definition) is 9. The van der Waals surface area contributed by atoms with E-state index in [4.69, 9.17) is 8.83 Å². The van der Waals surface area contributed by atoms with Crippen LogP contribution >= 0.6 is 23.1 Å². The van der Waals surface area contributed by atoms with Crippen molar-refractivity contribution in [2.24, 2.45) is 0 Å². The van der Waals surface area contributed by atoms with E-state index in [9.17, 15) is 4.79 Å². The fraction of sp³-hybridized carbons (Fsp3) is 0.286. The molecular weight excluding hydrogens is 448 g/mol. The molecule has 9 nitrogen and oxygen atoms in total. The molecule has 0 aromatic carbocycles. The predicted molar refractivity (Wildman–Crippen MR) is 123 cm³/mol. The highest BCUT2D eigenvalue weighted by atomic mass is 32.2. The molecule has 11 heteroatoms. The number of thioether (sulfide) groups is 1. The number of aryl methyl sites for hydroxylation is 1. The van der Waals surface area contributed by atoms with Gasteiger partial charge >= 0.3 is 0 Å². The lowest BCUT2D eigenvalue weighted by atomic mass is 10.4. The van der Waals surface area contributed by atoms with Crippen LogP contribution in [0.3, 0.4) is 0 Å². The van der Waals surface area contributed by atoms with Crippen LogP contribution in [0.2, 0.25) is 0 Å². The van der Waals surface area contributed by atoms with Crippen LogP contribution in [-0.4, -0.2) is 48.5 Å². The number of carbonyl (C=O) groups is 1. The Morgan fingerprint density at radius 1 is 1.25 bits per heavy atom. The highest BCUT2D eigenvalue weighted by Gasteiger charge is 2.18. The lowest BCUT2D eigenvalue weighted by Crippen LogP contribution is -2.32. The number of H-pyrrole nitrogens is 1. The molecule has 0 aliphatic carbocycles. The molecule has 0 saturated carbocycles. The molecule has 1 amide bonds. The monoisotopic (exact) mass is 470 g/mol. The molecule has 1 N–H and O–H groups in total. The van der Waals surface area contributed by atoms with Crippen LogP contribution in [0.4, 0.5) is 0 Å². The molecule has 4 aromatic heterocycles. The topological polar surface area (TPSA) is 114 Å². The van der Waals surface area contributed by atoms with Crippen molar-refractivity contribution in [2.75, 3.05) is 12.3 Å². The van der Waals surface area contributed by atoms with Crippen molar-refractivity contribution in [2.45, 2.75) is 32.0 Å². The van der Waals surface area contributed by atoms with Gasteiger partial charge in [0.1, 0.15) is 17.3 Å². The summed E-state index contributed by atoms with van der Waals surface area (Å²) >= 11 is 2.80. The van der Waals surface area contributed by atoms with Gasteiger partial charge in [-0.05, 0) is 49.1 Å². The van der Waals surface area contributed by atoms with Gasteiger partial charge in [-0.3, -0.25) is 9.89 Å². The van der Waals surface area contributed by atoms with Crippen molar-refractivity contribution in [3.8, 4) is 10.8 Å². The molecular formula is C21H22N6O3S2. The summed E-state index contributed by atoms with van der Waals surface area (Å²) in [5.41, 5.74) is 0. The zero-order valence-electron chi connectivity index (χ0n) is 17.6. The number of aromatic amines is 1. The second-order valence-corrected chi connectivity index (χ2v) is 8.76. The smallest absolute Gasteiger partial charge is 0.257 e. The van der Waals surface area contributed by atoms with Crippen LogP contribution in [-0.2, 0) is 11.3 Å². The average molecular weight is 471 g/mol. The van der Waals surface area contributed by atoms with Crippen molar-refractivity contribution in [3.05, 3.63) is 52.9 Å². The summed E-state index contributed by atoms with van der Waals surface area (Å²) in [5, 5.41) is 17.6. The van der Waals surface area contributed by atoms with Crippen molar-refractivity contribution in [1.82, 2.24) is 30.3 Å². The number of furan rings is 1. The normalized spacial score (nSPS) is 11.4. The lowest BCUT2D eigenvalue weighted by molar-refractivity contribution is -0.129. The maximum absolute atomic E-state index is 12.8. The SMILES string of the molecule is CCCN(Cc1nnc(-c2cccs2)o1)C(=O)CSc1n[nH]c(/C=C/c2ccc(C)o2)n1. The number of rotatable bonds is 10. The molecule has 166 valence electrons. The molecule has 0 unspecified atom stereocenters. The summed E-state index contributed by atoms with van der Waals surface area (Å²) in [6.45, 7) is 4.78. The van der Waals surface area contributed by atoms with Gasteiger partial charge in [0.15, 0.2) is 0 Å². The van der Waals surface area contributed by atoms with E-state index in [1.807, 2.05) is 49.6 Å². The summed E-state index contributed by atoms with van der Waals surface area (Å²) in [6, 6.07) is 7.62. The minimum atomic E-state index is -0.0410. The van der Waals surface area contributed by atoms with Crippen LogP contribution in [0.1, 0.15) is 36.6 Å². The van der Waals surface area contributed by atoms with E-state index in [0.717, 1.165) is 22.8 Å². The van der Waals surface area contributed by atoms with Gasteiger partial charge in [-0.1, -0.05) is 24.8 Å². The molecule has 0 saturated heterocycles. The molecule has 0 atom stereocenters. The summed E-state index contributed by atoms with van der Waals surface area (Å²) in [6.07, 6.45) is 4.41. The van der Waals surface area contributed by atoms with Gasteiger partial charge in [0.25, 0.3) is 5.89 Å². The Labute approximate surface area is 192 Å². The van der Waals surface area contributed by atoms with Crippen molar-refractivity contribution in [3.63, 3.8) is 0 Å². The number of amides is 1. The third-order valence-corrected chi connectivity index (χ3v) is 6.03. The quantitative estimate of drug-likeness (QED) is 0.337. The number of aromatic nitrogens is 5. The first-order valence-corrected chi connectivity index (χ1v) is 11.9. The van der Waals surface area contributed by atoms with Gasteiger partial charge in [0, 0.05) is 6.54 Å². The van der Waals surface area contributed by atoms with E-state index in [2.05, 4.69) is 25.4 Å². The molecule has 0 aliphatic heterocycles. The van der Waals surface area contributed by atoms with E-state index in [1.165, 1.54) is 23.1 Å². The van der Waals surface area contributed by atoms with E-state index in [0.29, 0.717) is 29.3 Å².